The van der Waals surface area contributed by atoms with Gasteiger partial charge in [-0.3, -0.25) is 0 Å². The molecule has 24 heavy (non-hydrogen) atoms. The Balaban J connectivity index is 2.15. The summed E-state index contributed by atoms with van der Waals surface area (Å²) in [5.74, 6) is -0.620. The SMILES string of the molecule is CCOC(=O)/C(=C/c1cscc1CCc1ccc(Cl)cc1)N=[N+]=[N-]. The fourth-order valence-corrected chi connectivity index (χ4v) is 3.10. The number of azide groups is 1. The van der Waals surface area contributed by atoms with Crippen LogP contribution in [0.5, 0.6) is 0 Å². The number of hydrogen-bond donors (Lipinski definition) is 0. The summed E-state index contributed by atoms with van der Waals surface area (Å²) in [6.45, 7) is 1.93. The maximum Gasteiger partial charge on any atom is 0.340 e. The Labute approximate surface area is 149 Å². The van der Waals surface area contributed by atoms with E-state index in [2.05, 4.69) is 10.0 Å². The smallest absolute Gasteiger partial charge is 0.340 e. The Kier molecular flexibility index (Phi) is 6.88. The molecule has 1 aromatic heterocycles. The average Bonchev–Trinajstić information content (AvgIpc) is 3.01. The van der Waals surface area contributed by atoms with E-state index in [1.165, 1.54) is 16.9 Å². The molecule has 0 saturated heterocycles. The van der Waals surface area contributed by atoms with Crippen LogP contribution in [0.2, 0.25) is 5.02 Å². The van der Waals surface area contributed by atoms with Gasteiger partial charge in [-0.15, -0.1) is 0 Å². The largest absolute Gasteiger partial charge is 0.462 e. The summed E-state index contributed by atoms with van der Waals surface area (Å²) in [4.78, 5) is 14.5. The molecule has 0 unspecified atom stereocenters. The first-order valence-corrected chi connectivity index (χ1v) is 8.69. The van der Waals surface area contributed by atoms with Crippen LogP contribution in [-0.4, -0.2) is 12.6 Å². The molecule has 7 heteroatoms. The van der Waals surface area contributed by atoms with Crippen LogP contribution in [-0.2, 0) is 22.4 Å². The van der Waals surface area contributed by atoms with Crippen LogP contribution >= 0.6 is 22.9 Å². The van der Waals surface area contributed by atoms with Gasteiger partial charge in [-0.1, -0.05) is 28.8 Å². The molecule has 2 aromatic rings. The average molecular weight is 362 g/mol. The van der Waals surface area contributed by atoms with Gasteiger partial charge in [-0.05, 0) is 71.0 Å². The van der Waals surface area contributed by atoms with E-state index in [0.717, 1.165) is 24.0 Å². The molecule has 0 atom stereocenters. The predicted octanol–water partition coefficient (Wildman–Crippen LogP) is 5.40. The number of carbonyl (C=O) groups is 1. The fraction of sp³-hybridized carbons (Fsp3) is 0.235. The normalized spacial score (nSPS) is 11.0. The second-order valence-corrected chi connectivity index (χ2v) is 6.10. The summed E-state index contributed by atoms with van der Waals surface area (Å²) in [7, 11) is 0. The van der Waals surface area contributed by atoms with E-state index in [-0.39, 0.29) is 12.3 Å². The lowest BCUT2D eigenvalue weighted by molar-refractivity contribution is -0.138. The van der Waals surface area contributed by atoms with E-state index in [1.54, 1.807) is 13.0 Å². The predicted molar refractivity (Wildman–Crippen MR) is 96.9 cm³/mol. The molecule has 0 aliphatic heterocycles. The minimum atomic E-state index is -0.620. The van der Waals surface area contributed by atoms with Crippen molar-refractivity contribution in [2.45, 2.75) is 19.8 Å². The first-order chi connectivity index (χ1) is 11.6. The highest BCUT2D eigenvalue weighted by atomic mass is 35.5. The minimum absolute atomic E-state index is 0.0366. The number of esters is 1. The third-order valence-electron chi connectivity index (χ3n) is 3.30. The molecule has 0 radical (unpaired) electrons. The first kappa shape index (κ1) is 18.1. The number of rotatable bonds is 7. The molecule has 0 spiro atoms. The summed E-state index contributed by atoms with van der Waals surface area (Å²) < 4.78 is 4.90. The van der Waals surface area contributed by atoms with E-state index in [4.69, 9.17) is 21.9 Å². The second-order valence-electron chi connectivity index (χ2n) is 4.92. The number of aryl methyl sites for hydroxylation is 2. The molecule has 1 aromatic carbocycles. The molecule has 2 rings (SSSR count). The van der Waals surface area contributed by atoms with Crippen LogP contribution in [0.4, 0.5) is 0 Å². The zero-order valence-electron chi connectivity index (χ0n) is 13.1. The summed E-state index contributed by atoms with van der Waals surface area (Å²) in [6, 6.07) is 7.72. The Hall–Kier alpha value is -2.27. The zero-order valence-corrected chi connectivity index (χ0v) is 14.7. The van der Waals surface area contributed by atoms with Crippen LogP contribution in [0.15, 0.2) is 45.8 Å². The van der Waals surface area contributed by atoms with E-state index in [0.29, 0.717) is 5.02 Å². The molecule has 0 fully saturated rings. The summed E-state index contributed by atoms with van der Waals surface area (Å²) >= 11 is 7.43. The number of halogens is 1. The van der Waals surface area contributed by atoms with Crippen molar-refractivity contribution in [3.05, 3.63) is 72.9 Å². The van der Waals surface area contributed by atoms with Crippen LogP contribution in [0.25, 0.3) is 16.5 Å². The molecule has 0 aliphatic rings. The molecule has 0 N–H and O–H groups in total. The fourth-order valence-electron chi connectivity index (χ4n) is 2.12. The molecule has 0 aliphatic carbocycles. The Morgan fingerprint density at radius 2 is 2.08 bits per heavy atom. The number of ether oxygens (including phenoxy) is 1. The Morgan fingerprint density at radius 3 is 2.75 bits per heavy atom. The van der Waals surface area contributed by atoms with Crippen LogP contribution in [0, 0.1) is 0 Å². The molecular formula is C17H16ClN3O2S. The van der Waals surface area contributed by atoms with E-state index in [1.807, 2.05) is 35.0 Å². The van der Waals surface area contributed by atoms with Crippen LogP contribution in [0.1, 0.15) is 23.6 Å². The van der Waals surface area contributed by atoms with Crippen molar-refractivity contribution in [1.82, 2.24) is 0 Å². The highest BCUT2D eigenvalue weighted by Crippen LogP contribution is 2.22. The number of benzene rings is 1. The maximum atomic E-state index is 11.8. The van der Waals surface area contributed by atoms with Crippen molar-refractivity contribution in [2.75, 3.05) is 6.61 Å². The van der Waals surface area contributed by atoms with Gasteiger partial charge in [-0.25, -0.2) is 4.79 Å². The third-order valence-corrected chi connectivity index (χ3v) is 4.36. The standard InChI is InChI=1S/C17H16ClN3O2S/c1-2-23-17(22)16(20-21-19)9-14-11-24-10-13(14)6-3-12-4-7-15(18)8-5-12/h4-5,7-11H,2-3,6H2,1H3/b16-9-. The Bertz CT molecular complexity index is 777. The van der Waals surface area contributed by atoms with Gasteiger partial charge >= 0.3 is 5.97 Å². The van der Waals surface area contributed by atoms with Crippen molar-refractivity contribution >= 4 is 35.0 Å². The van der Waals surface area contributed by atoms with E-state index in [9.17, 15) is 4.79 Å². The lowest BCUT2D eigenvalue weighted by Crippen LogP contribution is -2.05. The van der Waals surface area contributed by atoms with Gasteiger partial charge in [0, 0.05) is 9.93 Å². The topological polar surface area (TPSA) is 75.1 Å². The molecule has 0 saturated carbocycles. The first-order valence-electron chi connectivity index (χ1n) is 7.37. The minimum Gasteiger partial charge on any atom is -0.462 e. The van der Waals surface area contributed by atoms with Crippen molar-refractivity contribution in [1.29, 1.82) is 0 Å². The number of thiophene rings is 1. The maximum absolute atomic E-state index is 11.8. The molecule has 124 valence electrons. The molecular weight excluding hydrogens is 346 g/mol. The molecule has 1 heterocycles. The van der Waals surface area contributed by atoms with Crippen molar-refractivity contribution < 1.29 is 9.53 Å². The number of hydrogen-bond acceptors (Lipinski definition) is 4. The van der Waals surface area contributed by atoms with E-state index >= 15 is 0 Å². The lowest BCUT2D eigenvalue weighted by atomic mass is 10.0. The quantitative estimate of drug-likeness (QED) is 0.217. The van der Waals surface area contributed by atoms with Gasteiger partial charge in [0.25, 0.3) is 0 Å². The highest BCUT2D eigenvalue weighted by molar-refractivity contribution is 7.08. The molecule has 0 bridgehead atoms. The van der Waals surface area contributed by atoms with Crippen molar-refractivity contribution in [3.8, 4) is 0 Å². The highest BCUT2D eigenvalue weighted by Gasteiger charge is 2.11. The van der Waals surface area contributed by atoms with Crippen molar-refractivity contribution in [3.63, 3.8) is 0 Å². The van der Waals surface area contributed by atoms with Crippen LogP contribution in [0.3, 0.4) is 0 Å². The summed E-state index contributed by atoms with van der Waals surface area (Å²) in [6.07, 6.45) is 3.24. The number of nitrogens with zero attached hydrogens (tertiary/aromatic N) is 3. The van der Waals surface area contributed by atoms with E-state index < -0.39 is 5.97 Å². The van der Waals surface area contributed by atoms with Gasteiger partial charge in [0.15, 0.2) is 0 Å². The lowest BCUT2D eigenvalue weighted by Gasteiger charge is -2.04. The van der Waals surface area contributed by atoms with Gasteiger partial charge in [-0.2, -0.15) is 11.3 Å². The monoisotopic (exact) mass is 361 g/mol. The van der Waals surface area contributed by atoms with Gasteiger partial charge < -0.3 is 4.74 Å². The Morgan fingerprint density at radius 1 is 1.33 bits per heavy atom. The third kappa shape index (κ3) is 5.13. The molecule has 0 amide bonds. The summed E-state index contributed by atoms with van der Waals surface area (Å²) in [5.41, 5.74) is 11.7. The number of carbonyl (C=O) groups excluding carboxylic acids is 1. The zero-order chi connectivity index (χ0) is 17.4. The van der Waals surface area contributed by atoms with Gasteiger partial charge in [0.1, 0.15) is 5.70 Å². The van der Waals surface area contributed by atoms with Crippen LogP contribution < -0.4 is 0 Å². The molecule has 5 nitrogen and oxygen atoms in total. The van der Waals surface area contributed by atoms with Gasteiger partial charge in [0.2, 0.25) is 0 Å². The summed E-state index contributed by atoms with van der Waals surface area (Å²) in [5, 5.41) is 8.11. The van der Waals surface area contributed by atoms with Crippen molar-refractivity contribution in [2.24, 2.45) is 5.11 Å². The second kappa shape index (κ2) is 9.13. The van der Waals surface area contributed by atoms with Gasteiger partial charge in [0.05, 0.1) is 6.61 Å².